The van der Waals surface area contributed by atoms with E-state index in [1.807, 2.05) is 36.9 Å². The van der Waals surface area contributed by atoms with Gasteiger partial charge in [-0.3, -0.25) is 19.5 Å². The van der Waals surface area contributed by atoms with E-state index in [0.717, 1.165) is 5.69 Å². The van der Waals surface area contributed by atoms with Crippen LogP contribution in [0.1, 0.15) is 43.6 Å². The summed E-state index contributed by atoms with van der Waals surface area (Å²) in [6, 6.07) is 5.13. The number of nitrogens with zero attached hydrogens (tertiary/aromatic N) is 4. The molecule has 2 amide bonds. The molecule has 0 radical (unpaired) electrons. The van der Waals surface area contributed by atoms with Gasteiger partial charge in [-0.1, -0.05) is 25.1 Å². The normalized spacial score (nSPS) is 17.7. The van der Waals surface area contributed by atoms with Crippen molar-refractivity contribution < 1.29 is 14.1 Å². The van der Waals surface area contributed by atoms with Gasteiger partial charge in [-0.2, -0.15) is 4.98 Å². The van der Waals surface area contributed by atoms with Crippen LogP contribution in [0.15, 0.2) is 28.9 Å². The zero-order valence-electron chi connectivity index (χ0n) is 15.5. The fourth-order valence-corrected chi connectivity index (χ4v) is 2.87. The number of hydrogen-bond acceptors (Lipinski definition) is 7. The lowest BCUT2D eigenvalue weighted by Gasteiger charge is -2.34. The average Bonchev–Trinajstić information content (AvgIpc) is 3.13. The van der Waals surface area contributed by atoms with Gasteiger partial charge in [0.1, 0.15) is 0 Å². The second-order valence-corrected chi connectivity index (χ2v) is 6.78. The van der Waals surface area contributed by atoms with Crippen molar-refractivity contribution in [1.29, 1.82) is 0 Å². The second kappa shape index (κ2) is 8.72. The van der Waals surface area contributed by atoms with Gasteiger partial charge < -0.3 is 15.2 Å². The van der Waals surface area contributed by atoms with Gasteiger partial charge >= 0.3 is 0 Å². The third-order valence-corrected chi connectivity index (χ3v) is 4.33. The van der Waals surface area contributed by atoms with Crippen molar-refractivity contribution in [2.75, 3.05) is 13.1 Å². The summed E-state index contributed by atoms with van der Waals surface area (Å²) in [6.07, 6.45) is 1.78. The van der Waals surface area contributed by atoms with Crippen LogP contribution in [0.4, 0.5) is 0 Å². The molecule has 0 unspecified atom stereocenters. The quantitative estimate of drug-likeness (QED) is 0.731. The predicted octanol–water partition coefficient (Wildman–Crippen LogP) is 0.595. The first kappa shape index (κ1) is 19.0. The van der Waals surface area contributed by atoms with Crippen LogP contribution in [0.3, 0.4) is 0 Å². The van der Waals surface area contributed by atoms with Crippen molar-refractivity contribution in [2.45, 2.75) is 45.3 Å². The Labute approximate surface area is 157 Å². The highest BCUT2D eigenvalue weighted by atomic mass is 16.5. The molecule has 1 fully saturated rings. The van der Waals surface area contributed by atoms with Crippen molar-refractivity contribution >= 4 is 11.8 Å². The summed E-state index contributed by atoms with van der Waals surface area (Å²) in [7, 11) is 0. The molecular formula is C18H24N6O3. The summed E-state index contributed by atoms with van der Waals surface area (Å²) < 4.78 is 5.12. The van der Waals surface area contributed by atoms with Crippen LogP contribution in [-0.2, 0) is 22.7 Å². The Hall–Kier alpha value is -2.81. The van der Waals surface area contributed by atoms with Crippen molar-refractivity contribution in [1.82, 2.24) is 30.7 Å². The summed E-state index contributed by atoms with van der Waals surface area (Å²) in [5.41, 5.74) is 0.866. The predicted molar refractivity (Wildman–Crippen MR) is 96.3 cm³/mol. The van der Waals surface area contributed by atoms with Crippen molar-refractivity contribution in [3.63, 3.8) is 0 Å². The van der Waals surface area contributed by atoms with Crippen LogP contribution in [0.2, 0.25) is 0 Å². The molecule has 0 aromatic carbocycles. The summed E-state index contributed by atoms with van der Waals surface area (Å²) in [4.78, 5) is 35.1. The molecule has 3 heterocycles. The second-order valence-electron chi connectivity index (χ2n) is 6.78. The van der Waals surface area contributed by atoms with Gasteiger partial charge in [0.25, 0.3) is 0 Å². The highest BCUT2D eigenvalue weighted by Crippen LogP contribution is 2.13. The fourth-order valence-electron chi connectivity index (χ4n) is 2.87. The minimum atomic E-state index is -0.530. The Balaban J connectivity index is 1.56. The Bertz CT molecular complexity index is 776. The Morgan fingerprint density at radius 2 is 2.30 bits per heavy atom. The molecule has 2 N–H and O–H groups in total. The van der Waals surface area contributed by atoms with Crippen LogP contribution in [-0.4, -0.2) is 51.0 Å². The molecule has 9 heteroatoms. The van der Waals surface area contributed by atoms with Crippen LogP contribution in [0, 0.1) is 0 Å². The molecule has 1 aliphatic heterocycles. The van der Waals surface area contributed by atoms with Crippen LogP contribution >= 0.6 is 0 Å². The zero-order chi connectivity index (χ0) is 19.2. The molecule has 0 saturated carbocycles. The third kappa shape index (κ3) is 5.10. The molecule has 0 spiro atoms. The molecule has 144 valence electrons. The average molecular weight is 372 g/mol. The van der Waals surface area contributed by atoms with E-state index in [4.69, 9.17) is 4.52 Å². The van der Waals surface area contributed by atoms with Crippen molar-refractivity contribution in [3.8, 4) is 0 Å². The standard InChI is InChI=1S/C18H24N6O3/c1-12(2)18-22-15(23-27-18)10-21-16(25)9-14-17(26)20-7-8-24(14)11-13-5-3-4-6-19-13/h3-6,12,14H,7-11H2,1-2H3,(H,20,26)(H,21,25)/t14-/m0/s1. The summed E-state index contributed by atoms with van der Waals surface area (Å²) in [5.74, 6) is 0.707. The molecule has 9 nitrogen and oxygen atoms in total. The van der Waals surface area contributed by atoms with E-state index in [2.05, 4.69) is 25.8 Å². The first-order valence-electron chi connectivity index (χ1n) is 9.03. The third-order valence-electron chi connectivity index (χ3n) is 4.33. The maximum Gasteiger partial charge on any atom is 0.237 e. The summed E-state index contributed by atoms with van der Waals surface area (Å²) in [6.45, 7) is 5.83. The van der Waals surface area contributed by atoms with E-state index < -0.39 is 6.04 Å². The number of hydrogen-bond donors (Lipinski definition) is 2. The van der Waals surface area contributed by atoms with E-state index >= 15 is 0 Å². The highest BCUT2D eigenvalue weighted by Gasteiger charge is 2.31. The molecule has 0 aliphatic carbocycles. The molecular weight excluding hydrogens is 348 g/mol. The minimum Gasteiger partial charge on any atom is -0.353 e. The molecule has 0 bridgehead atoms. The number of carbonyl (C=O) groups excluding carboxylic acids is 2. The fraction of sp³-hybridized carbons (Fsp3) is 0.500. The van der Waals surface area contributed by atoms with E-state index in [0.29, 0.717) is 31.3 Å². The van der Waals surface area contributed by atoms with Crippen LogP contribution < -0.4 is 10.6 Å². The van der Waals surface area contributed by atoms with Gasteiger partial charge in [-0.15, -0.1) is 0 Å². The largest absolute Gasteiger partial charge is 0.353 e. The Morgan fingerprint density at radius 1 is 1.44 bits per heavy atom. The van der Waals surface area contributed by atoms with Crippen molar-refractivity contribution in [3.05, 3.63) is 41.8 Å². The number of nitrogens with one attached hydrogen (secondary N) is 2. The van der Waals surface area contributed by atoms with Gasteiger partial charge in [0, 0.05) is 31.7 Å². The maximum absolute atomic E-state index is 12.3. The monoisotopic (exact) mass is 372 g/mol. The Kier molecular flexibility index (Phi) is 6.12. The van der Waals surface area contributed by atoms with Gasteiger partial charge in [0.15, 0.2) is 5.82 Å². The number of pyridine rings is 1. The Morgan fingerprint density at radius 3 is 3.00 bits per heavy atom. The highest BCUT2D eigenvalue weighted by molar-refractivity contribution is 5.88. The molecule has 2 aromatic heterocycles. The SMILES string of the molecule is CC(C)c1nc(CNC(=O)C[C@H]2C(=O)NCCN2Cc2ccccn2)no1. The summed E-state index contributed by atoms with van der Waals surface area (Å²) >= 11 is 0. The molecule has 1 aliphatic rings. The van der Waals surface area contributed by atoms with E-state index in [-0.39, 0.29) is 30.7 Å². The van der Waals surface area contributed by atoms with Gasteiger partial charge in [0.2, 0.25) is 17.7 Å². The molecule has 1 atom stereocenters. The summed E-state index contributed by atoms with van der Waals surface area (Å²) in [5, 5.41) is 9.42. The minimum absolute atomic E-state index is 0.0631. The lowest BCUT2D eigenvalue weighted by Crippen LogP contribution is -2.56. The first-order chi connectivity index (χ1) is 13.0. The molecule has 1 saturated heterocycles. The van der Waals surface area contributed by atoms with Gasteiger partial charge in [-0.25, -0.2) is 0 Å². The van der Waals surface area contributed by atoms with E-state index in [1.165, 1.54) is 0 Å². The van der Waals surface area contributed by atoms with Crippen molar-refractivity contribution in [2.24, 2.45) is 0 Å². The number of rotatable bonds is 7. The van der Waals surface area contributed by atoms with Gasteiger partial charge in [-0.05, 0) is 12.1 Å². The van der Waals surface area contributed by atoms with E-state index in [9.17, 15) is 9.59 Å². The lowest BCUT2D eigenvalue weighted by atomic mass is 10.1. The van der Waals surface area contributed by atoms with Gasteiger partial charge in [0.05, 0.1) is 24.7 Å². The number of aromatic nitrogens is 3. The lowest BCUT2D eigenvalue weighted by molar-refractivity contribution is -0.134. The molecule has 2 aromatic rings. The zero-order valence-corrected chi connectivity index (χ0v) is 15.5. The molecule has 27 heavy (non-hydrogen) atoms. The number of piperazine rings is 1. The topological polar surface area (TPSA) is 113 Å². The number of amides is 2. The smallest absolute Gasteiger partial charge is 0.237 e. The number of carbonyl (C=O) groups is 2. The van der Waals surface area contributed by atoms with Crippen LogP contribution in [0.25, 0.3) is 0 Å². The van der Waals surface area contributed by atoms with E-state index in [1.54, 1.807) is 6.20 Å². The molecule has 3 rings (SSSR count). The van der Waals surface area contributed by atoms with Crippen LogP contribution in [0.5, 0.6) is 0 Å². The first-order valence-corrected chi connectivity index (χ1v) is 9.03. The maximum atomic E-state index is 12.3.